The van der Waals surface area contributed by atoms with Gasteiger partial charge >= 0.3 is 5.97 Å². The van der Waals surface area contributed by atoms with E-state index < -0.39 is 23.3 Å². The van der Waals surface area contributed by atoms with E-state index in [1.54, 1.807) is 5.38 Å². The highest BCUT2D eigenvalue weighted by Gasteiger charge is 2.21. The van der Waals surface area contributed by atoms with Crippen molar-refractivity contribution >= 4 is 45.6 Å². The average molecular weight is 483 g/mol. The second-order valence-electron chi connectivity index (χ2n) is 7.35. The van der Waals surface area contributed by atoms with Crippen LogP contribution in [0.3, 0.4) is 0 Å². The number of nitro benzene ring substituents is 1. The van der Waals surface area contributed by atoms with Crippen LogP contribution < -0.4 is 10.2 Å². The Morgan fingerprint density at radius 2 is 1.91 bits per heavy atom. The topological polar surface area (TPSA) is 132 Å². The van der Waals surface area contributed by atoms with Crippen molar-refractivity contribution in [2.45, 2.75) is 27.4 Å². The van der Waals surface area contributed by atoms with E-state index in [0.29, 0.717) is 10.8 Å². The number of nitro groups is 1. The molecule has 1 aromatic heterocycles. The van der Waals surface area contributed by atoms with Gasteiger partial charge in [-0.1, -0.05) is 18.2 Å². The molecule has 0 saturated heterocycles. The number of aryl methyl sites for hydroxylation is 1. The lowest BCUT2D eigenvalue weighted by molar-refractivity contribution is -0.384. The number of esters is 1. The van der Waals surface area contributed by atoms with Crippen molar-refractivity contribution in [3.05, 3.63) is 80.3 Å². The fourth-order valence-corrected chi connectivity index (χ4v) is 3.94. The highest BCUT2D eigenvalue weighted by Crippen LogP contribution is 2.32. The molecule has 11 heteroatoms. The molecule has 3 rings (SSSR count). The Bertz CT molecular complexity index is 1260. The van der Waals surface area contributed by atoms with E-state index in [1.807, 2.05) is 32.0 Å². The molecule has 0 atom stereocenters. The molecule has 10 nitrogen and oxygen atoms in total. The number of rotatable bonds is 8. The molecule has 0 saturated carbocycles. The average Bonchev–Trinajstić information content (AvgIpc) is 3.27. The third-order valence-corrected chi connectivity index (χ3v) is 5.83. The monoisotopic (exact) mass is 482 g/mol. The molecule has 176 valence electrons. The van der Waals surface area contributed by atoms with Crippen molar-refractivity contribution in [1.82, 2.24) is 10.3 Å². The summed E-state index contributed by atoms with van der Waals surface area (Å²) in [7, 11) is 0. The summed E-state index contributed by atoms with van der Waals surface area (Å²) in [6, 6.07) is 10.8. The maximum absolute atomic E-state index is 12.3. The number of anilines is 2. The van der Waals surface area contributed by atoms with Crippen LogP contribution in [0.1, 0.15) is 34.1 Å². The predicted octanol–water partition coefficient (Wildman–Crippen LogP) is 3.83. The number of hydrogen-bond donors (Lipinski definition) is 1. The van der Waals surface area contributed by atoms with Crippen LogP contribution in [0, 0.1) is 24.0 Å². The van der Waals surface area contributed by atoms with Crippen LogP contribution in [0.5, 0.6) is 0 Å². The Morgan fingerprint density at radius 1 is 1.18 bits per heavy atom. The minimum atomic E-state index is -0.703. The number of carbonyl (C=O) groups is 3. The van der Waals surface area contributed by atoms with Gasteiger partial charge in [-0.15, -0.1) is 11.3 Å². The van der Waals surface area contributed by atoms with E-state index in [0.717, 1.165) is 22.9 Å². The number of non-ortho nitro benzene ring substituents is 1. The first-order chi connectivity index (χ1) is 16.2. The molecule has 0 aliphatic carbocycles. The summed E-state index contributed by atoms with van der Waals surface area (Å²) >= 11 is 1.24. The second-order valence-corrected chi connectivity index (χ2v) is 8.18. The molecule has 0 spiro atoms. The Hall–Kier alpha value is -4.12. The summed E-state index contributed by atoms with van der Waals surface area (Å²) < 4.78 is 5.16. The number of thiazole rings is 1. The first-order valence-electron chi connectivity index (χ1n) is 10.2. The Morgan fingerprint density at radius 3 is 2.62 bits per heavy atom. The Labute approximate surface area is 199 Å². The minimum Gasteiger partial charge on any atom is -0.458 e. The van der Waals surface area contributed by atoms with E-state index in [-0.39, 0.29) is 23.8 Å². The molecule has 34 heavy (non-hydrogen) atoms. The first kappa shape index (κ1) is 24.5. The fourth-order valence-electron chi connectivity index (χ4n) is 3.07. The summed E-state index contributed by atoms with van der Waals surface area (Å²) in [5, 5.41) is 15.3. The molecule has 0 aliphatic rings. The fraction of sp³-hybridized carbons (Fsp3) is 0.217. The second kappa shape index (κ2) is 10.7. The third-order valence-electron chi connectivity index (χ3n) is 4.96. The number of aromatic nitrogens is 1. The minimum absolute atomic E-state index is 0.0573. The Balaban J connectivity index is 1.59. The Kier molecular flexibility index (Phi) is 7.69. The lowest BCUT2D eigenvalue weighted by Gasteiger charge is -2.21. The van der Waals surface area contributed by atoms with Crippen LogP contribution in [0.2, 0.25) is 0 Å². The predicted molar refractivity (Wildman–Crippen MR) is 126 cm³/mol. The summed E-state index contributed by atoms with van der Waals surface area (Å²) in [6.07, 6.45) is 0. The zero-order chi connectivity index (χ0) is 24.8. The van der Waals surface area contributed by atoms with Gasteiger partial charge in [-0.3, -0.25) is 29.4 Å². The van der Waals surface area contributed by atoms with Gasteiger partial charge in [0.25, 0.3) is 11.6 Å². The molecule has 0 fully saturated rings. The molecule has 0 radical (unpaired) electrons. The van der Waals surface area contributed by atoms with Gasteiger partial charge in [0.15, 0.2) is 5.13 Å². The van der Waals surface area contributed by atoms with Gasteiger partial charge in [-0.05, 0) is 37.1 Å². The SMILES string of the molecule is CC(=O)N(c1nc(COC(=O)CNC(=O)c2cccc([N+](=O)[O-])c2)cs1)c1cccc(C)c1C. The molecule has 1 heterocycles. The molecular formula is C23H22N4O6S. The number of nitrogens with one attached hydrogen (secondary N) is 1. The van der Waals surface area contributed by atoms with Gasteiger partial charge in [0.2, 0.25) is 5.91 Å². The van der Waals surface area contributed by atoms with Crippen molar-refractivity contribution in [3.63, 3.8) is 0 Å². The third kappa shape index (κ3) is 5.81. The molecular weight excluding hydrogens is 460 g/mol. The molecule has 2 aromatic carbocycles. The van der Waals surface area contributed by atoms with Crippen molar-refractivity contribution in [2.24, 2.45) is 0 Å². The number of nitrogens with zero attached hydrogens (tertiary/aromatic N) is 3. The van der Waals surface area contributed by atoms with Gasteiger partial charge in [0.05, 0.1) is 16.3 Å². The maximum Gasteiger partial charge on any atom is 0.325 e. The zero-order valence-electron chi connectivity index (χ0n) is 18.7. The summed E-state index contributed by atoms with van der Waals surface area (Å²) in [5.41, 5.74) is 3.02. The normalized spacial score (nSPS) is 10.4. The van der Waals surface area contributed by atoms with E-state index in [2.05, 4.69) is 10.3 Å². The lowest BCUT2D eigenvalue weighted by atomic mass is 10.1. The number of hydrogen-bond acceptors (Lipinski definition) is 8. The largest absolute Gasteiger partial charge is 0.458 e. The molecule has 0 unspecified atom stereocenters. The van der Waals surface area contributed by atoms with Gasteiger partial charge in [0.1, 0.15) is 13.2 Å². The van der Waals surface area contributed by atoms with Crippen LogP contribution in [-0.2, 0) is 20.9 Å². The van der Waals surface area contributed by atoms with Crippen LogP contribution in [0.15, 0.2) is 47.8 Å². The van der Waals surface area contributed by atoms with Crippen LogP contribution in [-0.4, -0.2) is 34.2 Å². The zero-order valence-corrected chi connectivity index (χ0v) is 19.5. The highest BCUT2D eigenvalue weighted by atomic mass is 32.1. The summed E-state index contributed by atoms with van der Waals surface area (Å²) in [6.45, 7) is 4.79. The number of ether oxygens (including phenoxy) is 1. The van der Waals surface area contributed by atoms with E-state index in [1.165, 1.54) is 41.4 Å². The van der Waals surface area contributed by atoms with Crippen molar-refractivity contribution in [1.29, 1.82) is 0 Å². The first-order valence-corrected chi connectivity index (χ1v) is 11.0. The van der Waals surface area contributed by atoms with Gasteiger partial charge < -0.3 is 10.1 Å². The molecule has 0 aliphatic heterocycles. The smallest absolute Gasteiger partial charge is 0.325 e. The van der Waals surface area contributed by atoms with E-state index in [4.69, 9.17) is 4.74 Å². The van der Waals surface area contributed by atoms with Gasteiger partial charge in [-0.25, -0.2) is 4.98 Å². The standard InChI is InChI=1S/C23H22N4O6S/c1-14-6-4-9-20(15(14)2)26(16(3)28)23-25-18(13-34-23)12-33-21(29)11-24-22(30)17-7-5-8-19(10-17)27(31)32/h4-10,13H,11-12H2,1-3H3,(H,24,30). The van der Waals surface area contributed by atoms with E-state index >= 15 is 0 Å². The molecule has 3 aromatic rings. The van der Waals surface area contributed by atoms with Crippen molar-refractivity contribution < 1.29 is 24.0 Å². The molecule has 1 N–H and O–H groups in total. The van der Waals surface area contributed by atoms with E-state index in [9.17, 15) is 24.5 Å². The summed E-state index contributed by atoms with van der Waals surface area (Å²) in [5.74, 6) is -1.54. The van der Waals surface area contributed by atoms with Crippen molar-refractivity contribution in [2.75, 3.05) is 11.4 Å². The number of carbonyl (C=O) groups excluding carboxylic acids is 3. The van der Waals surface area contributed by atoms with Crippen molar-refractivity contribution in [3.8, 4) is 0 Å². The number of amides is 2. The summed E-state index contributed by atoms with van der Waals surface area (Å²) in [4.78, 5) is 52.7. The quantitative estimate of drug-likeness (QED) is 0.293. The van der Waals surface area contributed by atoms with Crippen LogP contribution >= 0.6 is 11.3 Å². The molecule has 2 amide bonds. The maximum atomic E-state index is 12.3. The lowest BCUT2D eigenvalue weighted by Crippen LogP contribution is -2.30. The number of benzene rings is 2. The van der Waals surface area contributed by atoms with Gasteiger partial charge in [0, 0.05) is 30.0 Å². The van der Waals surface area contributed by atoms with Gasteiger partial charge in [-0.2, -0.15) is 0 Å². The van der Waals surface area contributed by atoms with Crippen LogP contribution in [0.4, 0.5) is 16.5 Å². The van der Waals surface area contributed by atoms with Crippen LogP contribution in [0.25, 0.3) is 0 Å². The highest BCUT2D eigenvalue weighted by molar-refractivity contribution is 7.14. The molecule has 0 bridgehead atoms.